The molecule has 2 aliphatic heterocycles. The molecule has 1 amide bonds. The molecule has 3 unspecified atom stereocenters. The second-order valence-electron chi connectivity index (χ2n) is 5.03. The van der Waals surface area contributed by atoms with Gasteiger partial charge in [-0.25, -0.2) is 8.42 Å². The largest absolute Gasteiger partial charge is 0.324 e. The van der Waals surface area contributed by atoms with Crippen LogP contribution in [0, 0.1) is 5.92 Å². The lowest BCUT2D eigenvalue weighted by molar-refractivity contribution is -0.136. The number of carbonyl (C=O) groups excluding carboxylic acids is 1. The van der Waals surface area contributed by atoms with Gasteiger partial charge in [-0.1, -0.05) is 0 Å². The number of thioether (sulfide) groups is 1. The summed E-state index contributed by atoms with van der Waals surface area (Å²) in [7, 11) is -3.20. The minimum absolute atomic E-state index is 0.00299. The van der Waals surface area contributed by atoms with E-state index >= 15 is 0 Å². The monoisotopic (exact) mass is 292 g/mol. The number of nitrogens with zero attached hydrogens (tertiary/aromatic N) is 1. The zero-order chi connectivity index (χ0) is 13.3. The Labute approximate surface area is 113 Å². The van der Waals surface area contributed by atoms with E-state index in [4.69, 9.17) is 0 Å². The number of carbonyl (C=O) groups is 1. The lowest BCUT2D eigenvalue weighted by atomic mass is 10.0. The summed E-state index contributed by atoms with van der Waals surface area (Å²) in [4.78, 5) is 14.1. The van der Waals surface area contributed by atoms with E-state index in [0.717, 1.165) is 18.7 Å². The van der Waals surface area contributed by atoms with Crippen LogP contribution < -0.4 is 5.32 Å². The normalized spacial score (nSPS) is 33.7. The van der Waals surface area contributed by atoms with Gasteiger partial charge in [-0.15, -0.1) is 0 Å². The van der Waals surface area contributed by atoms with Crippen molar-refractivity contribution < 1.29 is 13.2 Å². The minimum Gasteiger partial charge on any atom is -0.324 e. The van der Waals surface area contributed by atoms with Gasteiger partial charge in [-0.05, 0) is 19.9 Å². The van der Waals surface area contributed by atoms with Gasteiger partial charge in [-0.2, -0.15) is 11.8 Å². The van der Waals surface area contributed by atoms with Crippen molar-refractivity contribution in [3.8, 4) is 0 Å². The van der Waals surface area contributed by atoms with Gasteiger partial charge in [0, 0.05) is 30.3 Å². The quantitative estimate of drug-likeness (QED) is 0.772. The van der Waals surface area contributed by atoms with Crippen LogP contribution in [0.15, 0.2) is 0 Å². The van der Waals surface area contributed by atoms with Crippen molar-refractivity contribution in [3.63, 3.8) is 0 Å². The molecule has 2 aliphatic rings. The lowest BCUT2D eigenvalue weighted by Crippen LogP contribution is -2.53. The number of sulfone groups is 1. The Kier molecular flexibility index (Phi) is 4.23. The zero-order valence-corrected chi connectivity index (χ0v) is 12.4. The Morgan fingerprint density at radius 1 is 1.44 bits per heavy atom. The minimum atomic E-state index is -3.20. The summed E-state index contributed by atoms with van der Waals surface area (Å²) in [5.41, 5.74) is 0. The third-order valence-corrected chi connectivity index (χ3v) is 6.35. The van der Waals surface area contributed by atoms with Crippen LogP contribution in [0.4, 0.5) is 0 Å². The van der Waals surface area contributed by atoms with Gasteiger partial charge in [-0.3, -0.25) is 4.79 Å². The second kappa shape index (κ2) is 5.38. The molecule has 2 fully saturated rings. The molecule has 5 nitrogen and oxygen atoms in total. The van der Waals surface area contributed by atoms with Gasteiger partial charge in [0.2, 0.25) is 5.91 Å². The molecular weight excluding hydrogens is 272 g/mol. The highest BCUT2D eigenvalue weighted by Crippen LogP contribution is 2.25. The lowest BCUT2D eigenvalue weighted by Gasteiger charge is -2.36. The van der Waals surface area contributed by atoms with Crippen LogP contribution in [-0.2, 0) is 14.6 Å². The molecule has 1 N–H and O–H groups in total. The summed E-state index contributed by atoms with van der Waals surface area (Å²) < 4.78 is 23.5. The van der Waals surface area contributed by atoms with Crippen molar-refractivity contribution in [1.82, 2.24) is 10.2 Å². The van der Waals surface area contributed by atoms with Crippen LogP contribution >= 0.6 is 11.8 Å². The fourth-order valence-electron chi connectivity index (χ4n) is 2.60. The second-order valence-corrected chi connectivity index (χ2v) is 8.38. The Hall–Kier alpha value is -0.270. The number of rotatable bonds is 2. The highest BCUT2D eigenvalue weighted by Gasteiger charge is 2.39. The predicted molar refractivity (Wildman–Crippen MR) is 73.2 cm³/mol. The SMILES string of the molecule is CC1NCCC1C(=O)N1CCSCC1S(C)(=O)=O. The molecule has 0 saturated carbocycles. The maximum Gasteiger partial charge on any atom is 0.228 e. The van der Waals surface area contributed by atoms with E-state index in [1.165, 1.54) is 6.26 Å². The first kappa shape index (κ1) is 14.1. The molecule has 2 rings (SSSR count). The molecule has 3 atom stereocenters. The van der Waals surface area contributed by atoms with Crippen molar-refractivity contribution >= 4 is 27.5 Å². The topological polar surface area (TPSA) is 66.5 Å². The number of hydrogen-bond acceptors (Lipinski definition) is 5. The number of nitrogens with one attached hydrogen (secondary N) is 1. The van der Waals surface area contributed by atoms with Crippen molar-refractivity contribution in [2.45, 2.75) is 24.8 Å². The summed E-state index contributed by atoms with van der Waals surface area (Å²) >= 11 is 1.61. The molecule has 0 aliphatic carbocycles. The fourth-order valence-corrected chi connectivity index (χ4v) is 5.42. The van der Waals surface area contributed by atoms with Crippen LogP contribution in [0.2, 0.25) is 0 Å². The summed E-state index contributed by atoms with van der Waals surface area (Å²) in [5.74, 6) is 1.26. The average Bonchev–Trinajstić information content (AvgIpc) is 2.73. The average molecular weight is 292 g/mol. The molecule has 7 heteroatoms. The molecule has 0 aromatic heterocycles. The van der Waals surface area contributed by atoms with Crippen molar-refractivity contribution in [2.75, 3.05) is 30.9 Å². The zero-order valence-electron chi connectivity index (χ0n) is 10.8. The van der Waals surface area contributed by atoms with E-state index in [2.05, 4.69) is 5.32 Å². The smallest absolute Gasteiger partial charge is 0.228 e. The van der Waals surface area contributed by atoms with Crippen molar-refractivity contribution in [3.05, 3.63) is 0 Å². The molecule has 0 aromatic rings. The van der Waals surface area contributed by atoms with Crippen LogP contribution in [0.1, 0.15) is 13.3 Å². The maximum absolute atomic E-state index is 12.5. The van der Waals surface area contributed by atoms with Gasteiger partial charge in [0.15, 0.2) is 9.84 Å². The summed E-state index contributed by atoms with van der Waals surface area (Å²) in [6.07, 6.45) is 2.03. The number of amides is 1. The Bertz CT molecular complexity index is 424. The first-order chi connectivity index (χ1) is 8.41. The standard InChI is InChI=1S/C11H20N2O3S2/c1-8-9(3-4-12-8)11(14)13-5-6-17-7-10(13)18(2,15)16/h8-10,12H,3-7H2,1-2H3. The maximum atomic E-state index is 12.5. The Morgan fingerprint density at radius 2 is 2.17 bits per heavy atom. The molecule has 0 spiro atoms. The molecular formula is C11H20N2O3S2. The number of hydrogen-bond donors (Lipinski definition) is 1. The van der Waals surface area contributed by atoms with Crippen molar-refractivity contribution in [1.29, 1.82) is 0 Å². The summed E-state index contributed by atoms with van der Waals surface area (Å²) in [6, 6.07) is 0.146. The van der Waals surface area contributed by atoms with Crippen LogP contribution in [-0.4, -0.2) is 61.5 Å². The predicted octanol–water partition coefficient (Wildman–Crippen LogP) is -0.0695. The van der Waals surface area contributed by atoms with Crippen LogP contribution in [0.25, 0.3) is 0 Å². The highest BCUT2D eigenvalue weighted by atomic mass is 32.2. The molecule has 0 bridgehead atoms. The van der Waals surface area contributed by atoms with Gasteiger partial charge < -0.3 is 10.2 Å². The molecule has 0 aromatic carbocycles. The molecule has 104 valence electrons. The van der Waals surface area contributed by atoms with E-state index < -0.39 is 15.2 Å². The Morgan fingerprint density at radius 3 is 2.72 bits per heavy atom. The third-order valence-electron chi connectivity index (χ3n) is 3.70. The van der Waals surface area contributed by atoms with Gasteiger partial charge in [0.1, 0.15) is 5.37 Å². The van der Waals surface area contributed by atoms with Crippen molar-refractivity contribution in [2.24, 2.45) is 5.92 Å². The third kappa shape index (κ3) is 2.83. The van der Waals surface area contributed by atoms with Gasteiger partial charge in [0.25, 0.3) is 0 Å². The van der Waals surface area contributed by atoms with Crippen LogP contribution in [0.5, 0.6) is 0 Å². The molecule has 2 heterocycles. The van der Waals surface area contributed by atoms with Gasteiger partial charge >= 0.3 is 0 Å². The summed E-state index contributed by atoms with van der Waals surface area (Å²) in [5, 5.41) is 2.60. The Balaban J connectivity index is 2.16. The first-order valence-corrected chi connectivity index (χ1v) is 9.32. The van der Waals surface area contributed by atoms with E-state index in [0.29, 0.717) is 12.3 Å². The highest BCUT2D eigenvalue weighted by molar-refractivity contribution is 8.00. The molecule has 18 heavy (non-hydrogen) atoms. The first-order valence-electron chi connectivity index (χ1n) is 6.21. The van der Waals surface area contributed by atoms with E-state index in [1.54, 1.807) is 16.7 Å². The molecule has 2 saturated heterocycles. The van der Waals surface area contributed by atoms with E-state index in [-0.39, 0.29) is 17.9 Å². The van der Waals surface area contributed by atoms with E-state index in [1.807, 2.05) is 6.92 Å². The fraction of sp³-hybridized carbons (Fsp3) is 0.909. The summed E-state index contributed by atoms with van der Waals surface area (Å²) in [6.45, 7) is 3.37. The molecule has 0 radical (unpaired) electrons. The van der Waals surface area contributed by atoms with Gasteiger partial charge in [0.05, 0.1) is 5.92 Å². The van der Waals surface area contributed by atoms with Crippen LogP contribution in [0.3, 0.4) is 0 Å². The van der Waals surface area contributed by atoms with E-state index in [9.17, 15) is 13.2 Å².